The summed E-state index contributed by atoms with van der Waals surface area (Å²) in [5.41, 5.74) is 3.81. The number of carbonyl (C=O) groups is 1. The van der Waals surface area contributed by atoms with Gasteiger partial charge in [-0.25, -0.2) is 0 Å². The standard InChI is InChI=1S/C25H45NO4Si/c1-7-8-11-14-22(30-31(4,5)6)19-17-21-18-20-24(26-29-3)23(21)15-12-9-10-13-16-25(27)28-2/h17,19,22H,7-16,18,20H2,1-6H3/b19-17+,26-24-/t22-/m0/s1. The molecule has 0 amide bonds. The third-order valence-electron chi connectivity index (χ3n) is 5.46. The van der Waals surface area contributed by atoms with E-state index in [-0.39, 0.29) is 12.1 Å². The highest BCUT2D eigenvalue weighted by Crippen LogP contribution is 2.30. The van der Waals surface area contributed by atoms with Gasteiger partial charge in [0.15, 0.2) is 8.32 Å². The minimum atomic E-state index is -1.59. The Bertz CT molecular complexity index is 620. The fourth-order valence-electron chi connectivity index (χ4n) is 3.93. The summed E-state index contributed by atoms with van der Waals surface area (Å²) < 4.78 is 11.2. The topological polar surface area (TPSA) is 57.1 Å². The SMILES string of the molecule is CCCCC[C@@H](/C=C/C1=C(CCCCCCC(=O)OC)C(=N\OC)/CC1)O[Si](C)(C)C. The predicted octanol–water partition coefficient (Wildman–Crippen LogP) is 6.95. The van der Waals surface area contributed by atoms with Gasteiger partial charge in [-0.1, -0.05) is 56.3 Å². The van der Waals surface area contributed by atoms with Gasteiger partial charge in [0.1, 0.15) is 7.11 Å². The van der Waals surface area contributed by atoms with Crippen LogP contribution in [0.2, 0.25) is 19.6 Å². The number of carbonyl (C=O) groups excluding carboxylic acids is 1. The highest BCUT2D eigenvalue weighted by atomic mass is 28.4. The lowest BCUT2D eigenvalue weighted by Gasteiger charge is -2.24. The zero-order valence-corrected chi connectivity index (χ0v) is 21.8. The van der Waals surface area contributed by atoms with Crippen molar-refractivity contribution in [3.63, 3.8) is 0 Å². The fourth-order valence-corrected chi connectivity index (χ4v) is 5.04. The van der Waals surface area contributed by atoms with Gasteiger partial charge in [-0.05, 0) is 69.3 Å². The van der Waals surface area contributed by atoms with E-state index in [2.05, 4.69) is 43.9 Å². The largest absolute Gasteiger partial charge is 0.469 e. The molecule has 0 aromatic heterocycles. The second-order valence-corrected chi connectivity index (χ2v) is 13.8. The van der Waals surface area contributed by atoms with Crippen molar-refractivity contribution in [2.45, 2.75) is 110 Å². The first-order valence-corrected chi connectivity index (χ1v) is 15.5. The van der Waals surface area contributed by atoms with Crippen LogP contribution in [0.4, 0.5) is 0 Å². The van der Waals surface area contributed by atoms with Crippen molar-refractivity contribution in [2.24, 2.45) is 5.16 Å². The molecule has 0 fully saturated rings. The number of hydrogen-bond donors (Lipinski definition) is 0. The van der Waals surface area contributed by atoms with Crippen LogP contribution in [0.15, 0.2) is 28.5 Å². The van der Waals surface area contributed by atoms with Crippen LogP contribution in [-0.2, 0) is 18.8 Å². The number of esters is 1. The quantitative estimate of drug-likeness (QED) is 0.110. The van der Waals surface area contributed by atoms with Crippen LogP contribution in [0.1, 0.15) is 84.0 Å². The molecule has 0 heterocycles. The maximum absolute atomic E-state index is 11.2. The van der Waals surface area contributed by atoms with Crippen LogP contribution in [0.25, 0.3) is 0 Å². The van der Waals surface area contributed by atoms with E-state index in [4.69, 9.17) is 14.0 Å². The lowest BCUT2D eigenvalue weighted by atomic mass is 10.0. The molecule has 0 spiro atoms. The molecular formula is C25H45NO4Si. The summed E-state index contributed by atoms with van der Waals surface area (Å²) in [5, 5.41) is 4.29. The Morgan fingerprint density at radius 3 is 2.45 bits per heavy atom. The van der Waals surface area contributed by atoms with Gasteiger partial charge in [-0.2, -0.15) is 0 Å². The Hall–Kier alpha value is -1.40. The van der Waals surface area contributed by atoms with Crippen molar-refractivity contribution in [3.8, 4) is 0 Å². The van der Waals surface area contributed by atoms with Gasteiger partial charge in [-0.15, -0.1) is 0 Å². The van der Waals surface area contributed by atoms with Gasteiger partial charge < -0.3 is 14.0 Å². The van der Waals surface area contributed by atoms with Crippen LogP contribution in [0.5, 0.6) is 0 Å². The number of allylic oxidation sites excluding steroid dienone is 3. The maximum Gasteiger partial charge on any atom is 0.305 e. The molecule has 6 heteroatoms. The van der Waals surface area contributed by atoms with Gasteiger partial charge in [0.2, 0.25) is 0 Å². The molecule has 0 saturated heterocycles. The third kappa shape index (κ3) is 12.3. The summed E-state index contributed by atoms with van der Waals surface area (Å²) in [7, 11) is 1.48. The van der Waals surface area contributed by atoms with Gasteiger partial charge in [0, 0.05) is 6.42 Å². The molecule has 5 nitrogen and oxygen atoms in total. The lowest BCUT2D eigenvalue weighted by molar-refractivity contribution is -0.140. The Morgan fingerprint density at radius 1 is 1.06 bits per heavy atom. The van der Waals surface area contributed by atoms with Crippen molar-refractivity contribution < 1.29 is 18.8 Å². The molecule has 0 bridgehead atoms. The summed E-state index contributed by atoms with van der Waals surface area (Å²) in [6.07, 6.45) is 17.2. The average molecular weight is 452 g/mol. The Kier molecular flexibility index (Phi) is 13.7. The minimum Gasteiger partial charge on any atom is -0.469 e. The second-order valence-electron chi connectivity index (χ2n) is 9.34. The summed E-state index contributed by atoms with van der Waals surface area (Å²) in [5.74, 6) is -0.116. The first-order chi connectivity index (χ1) is 14.8. The van der Waals surface area contributed by atoms with E-state index < -0.39 is 8.32 Å². The van der Waals surface area contributed by atoms with Gasteiger partial charge >= 0.3 is 5.97 Å². The van der Waals surface area contributed by atoms with Crippen molar-refractivity contribution in [1.29, 1.82) is 0 Å². The number of unbranched alkanes of at least 4 members (excludes halogenated alkanes) is 5. The number of methoxy groups -OCH3 is 1. The molecule has 0 N–H and O–H groups in total. The van der Waals surface area contributed by atoms with E-state index in [0.29, 0.717) is 6.42 Å². The maximum atomic E-state index is 11.2. The molecule has 31 heavy (non-hydrogen) atoms. The lowest BCUT2D eigenvalue weighted by Crippen LogP contribution is -2.31. The first-order valence-electron chi connectivity index (χ1n) is 12.1. The number of nitrogens with zero attached hydrogens (tertiary/aromatic N) is 1. The monoisotopic (exact) mass is 451 g/mol. The van der Waals surface area contributed by atoms with Gasteiger partial charge in [-0.3, -0.25) is 4.79 Å². The summed E-state index contributed by atoms with van der Waals surface area (Å²) in [4.78, 5) is 16.3. The zero-order chi connectivity index (χ0) is 23.1. The van der Waals surface area contributed by atoms with E-state index in [0.717, 1.165) is 57.1 Å². The van der Waals surface area contributed by atoms with E-state index in [1.54, 1.807) is 7.11 Å². The zero-order valence-electron chi connectivity index (χ0n) is 20.8. The molecule has 0 saturated carbocycles. The molecular weight excluding hydrogens is 406 g/mol. The number of ether oxygens (including phenoxy) is 1. The van der Waals surface area contributed by atoms with Crippen LogP contribution >= 0.6 is 0 Å². The molecule has 1 aliphatic rings. The van der Waals surface area contributed by atoms with Gasteiger partial charge in [0.25, 0.3) is 0 Å². The first kappa shape index (κ1) is 27.6. The van der Waals surface area contributed by atoms with Crippen LogP contribution in [0, 0.1) is 0 Å². The van der Waals surface area contributed by atoms with E-state index in [1.807, 2.05) is 0 Å². The van der Waals surface area contributed by atoms with Crippen LogP contribution in [-0.4, -0.2) is 40.3 Å². The Morgan fingerprint density at radius 2 is 1.81 bits per heavy atom. The summed E-state index contributed by atoms with van der Waals surface area (Å²) in [6.45, 7) is 9.03. The molecule has 0 aliphatic heterocycles. The normalized spacial score (nSPS) is 17.0. The molecule has 178 valence electrons. The van der Waals surface area contributed by atoms with E-state index in [1.165, 1.54) is 37.5 Å². The molecule has 0 unspecified atom stereocenters. The molecule has 0 radical (unpaired) electrons. The number of oxime groups is 1. The molecule has 1 rings (SSSR count). The highest BCUT2D eigenvalue weighted by Gasteiger charge is 2.22. The van der Waals surface area contributed by atoms with Gasteiger partial charge in [0.05, 0.1) is 18.9 Å². The number of rotatable bonds is 16. The van der Waals surface area contributed by atoms with E-state index in [9.17, 15) is 4.79 Å². The molecule has 0 aromatic carbocycles. The average Bonchev–Trinajstić information content (AvgIpc) is 3.09. The van der Waals surface area contributed by atoms with Crippen molar-refractivity contribution in [2.75, 3.05) is 14.2 Å². The number of hydrogen-bond acceptors (Lipinski definition) is 5. The molecule has 1 atom stereocenters. The van der Waals surface area contributed by atoms with E-state index >= 15 is 0 Å². The van der Waals surface area contributed by atoms with Crippen LogP contribution < -0.4 is 0 Å². The highest BCUT2D eigenvalue weighted by molar-refractivity contribution is 6.69. The molecule has 0 aromatic rings. The third-order valence-corrected chi connectivity index (χ3v) is 6.47. The summed E-state index contributed by atoms with van der Waals surface area (Å²) in [6, 6.07) is 0. The van der Waals surface area contributed by atoms with Crippen molar-refractivity contribution in [1.82, 2.24) is 0 Å². The Balaban J connectivity index is 2.75. The molecule has 1 aliphatic carbocycles. The fraction of sp³-hybridized carbons (Fsp3) is 0.760. The minimum absolute atomic E-state index is 0.116. The van der Waals surface area contributed by atoms with Crippen LogP contribution in [0.3, 0.4) is 0 Å². The second kappa shape index (κ2) is 15.4. The predicted molar refractivity (Wildman–Crippen MR) is 132 cm³/mol. The summed E-state index contributed by atoms with van der Waals surface area (Å²) >= 11 is 0. The van der Waals surface area contributed by atoms with Crippen molar-refractivity contribution in [3.05, 3.63) is 23.3 Å². The Labute approximate surface area is 191 Å². The smallest absolute Gasteiger partial charge is 0.305 e. The van der Waals surface area contributed by atoms with Crippen molar-refractivity contribution >= 4 is 20.0 Å².